The Morgan fingerprint density at radius 2 is 1.69 bits per heavy atom. The zero-order valence-electron chi connectivity index (χ0n) is 7.03. The average Bonchev–Trinajstić information content (AvgIpc) is 1.99. The first-order chi connectivity index (χ1) is 5.87. The first-order valence-electron chi connectivity index (χ1n) is 3.42. The van der Waals surface area contributed by atoms with Gasteiger partial charge in [0.1, 0.15) is 12.2 Å². The minimum absolute atomic E-state index is 0.133. The standard InChI is InChI=1S/C5H13O7P/c1-11-2-4(6)5(7)3-12-13(8,9)10/h4-7H,2-3H2,1H3,(H2,8,9,10)/t4-,5+/m0/s1. The molecule has 0 unspecified atom stereocenters. The highest BCUT2D eigenvalue weighted by molar-refractivity contribution is 7.46. The molecule has 13 heavy (non-hydrogen) atoms. The van der Waals surface area contributed by atoms with Gasteiger partial charge in [-0.15, -0.1) is 0 Å². The zero-order valence-corrected chi connectivity index (χ0v) is 7.92. The van der Waals surface area contributed by atoms with Crippen molar-refractivity contribution in [1.82, 2.24) is 0 Å². The van der Waals surface area contributed by atoms with E-state index in [0.29, 0.717) is 0 Å². The predicted octanol–water partition coefficient (Wildman–Crippen LogP) is -1.54. The molecule has 2 atom stereocenters. The van der Waals surface area contributed by atoms with Gasteiger partial charge in [-0.2, -0.15) is 0 Å². The number of hydrogen-bond donors (Lipinski definition) is 4. The van der Waals surface area contributed by atoms with Gasteiger partial charge in [-0.05, 0) is 0 Å². The van der Waals surface area contributed by atoms with Crippen LogP contribution in [-0.2, 0) is 13.8 Å². The Morgan fingerprint density at radius 1 is 1.23 bits per heavy atom. The summed E-state index contributed by atoms with van der Waals surface area (Å²) in [4.78, 5) is 16.5. The van der Waals surface area contributed by atoms with Crippen molar-refractivity contribution in [2.45, 2.75) is 12.2 Å². The van der Waals surface area contributed by atoms with Crippen LogP contribution in [0.15, 0.2) is 0 Å². The Labute approximate surface area is 75.2 Å². The molecule has 4 N–H and O–H groups in total. The molecule has 7 nitrogen and oxygen atoms in total. The summed E-state index contributed by atoms with van der Waals surface area (Å²) in [5.74, 6) is 0. The second-order valence-corrected chi connectivity index (χ2v) is 3.62. The van der Waals surface area contributed by atoms with Crippen molar-refractivity contribution >= 4 is 7.82 Å². The molecule has 0 amide bonds. The van der Waals surface area contributed by atoms with Gasteiger partial charge >= 0.3 is 7.82 Å². The molecule has 0 aromatic rings. The average molecular weight is 216 g/mol. The highest BCUT2D eigenvalue weighted by Gasteiger charge is 2.21. The van der Waals surface area contributed by atoms with E-state index >= 15 is 0 Å². The van der Waals surface area contributed by atoms with Crippen molar-refractivity contribution in [1.29, 1.82) is 0 Å². The van der Waals surface area contributed by atoms with Crippen LogP contribution in [-0.4, -0.2) is 52.5 Å². The summed E-state index contributed by atoms with van der Waals surface area (Å²) in [6.07, 6.45) is -2.61. The molecule has 0 radical (unpaired) electrons. The maximum Gasteiger partial charge on any atom is 0.469 e. The molecule has 0 aliphatic carbocycles. The Balaban J connectivity index is 3.73. The maximum atomic E-state index is 10.2. The second-order valence-electron chi connectivity index (χ2n) is 2.38. The van der Waals surface area contributed by atoms with Crippen LogP contribution < -0.4 is 0 Å². The van der Waals surface area contributed by atoms with E-state index in [9.17, 15) is 4.57 Å². The normalized spacial score (nSPS) is 17.0. The van der Waals surface area contributed by atoms with Crippen molar-refractivity contribution in [3.8, 4) is 0 Å². The van der Waals surface area contributed by atoms with E-state index in [4.69, 9.17) is 20.0 Å². The molecule has 8 heteroatoms. The third-order valence-corrected chi connectivity index (χ3v) is 1.68. The number of aliphatic hydroxyl groups is 2. The fourth-order valence-electron chi connectivity index (χ4n) is 0.566. The van der Waals surface area contributed by atoms with Crippen molar-refractivity contribution in [2.75, 3.05) is 20.3 Å². The molecular formula is C5H13O7P. The number of ether oxygens (including phenoxy) is 1. The van der Waals surface area contributed by atoms with Gasteiger partial charge in [-0.3, -0.25) is 4.52 Å². The van der Waals surface area contributed by atoms with E-state index in [1.807, 2.05) is 0 Å². The summed E-state index contributed by atoms with van der Waals surface area (Å²) >= 11 is 0. The van der Waals surface area contributed by atoms with E-state index < -0.39 is 26.6 Å². The smallest absolute Gasteiger partial charge is 0.388 e. The molecule has 0 aromatic carbocycles. The molecule has 0 heterocycles. The molecule has 0 spiro atoms. The quantitative estimate of drug-likeness (QED) is 0.397. The molecule has 0 rings (SSSR count). The van der Waals surface area contributed by atoms with Crippen molar-refractivity contribution < 1.29 is 33.8 Å². The van der Waals surface area contributed by atoms with Crippen LogP contribution in [0.2, 0.25) is 0 Å². The number of aliphatic hydroxyl groups excluding tert-OH is 2. The molecule has 0 aliphatic heterocycles. The van der Waals surface area contributed by atoms with Gasteiger partial charge in [0.05, 0.1) is 13.2 Å². The van der Waals surface area contributed by atoms with E-state index in [2.05, 4.69) is 9.26 Å². The molecule has 80 valence electrons. The third-order valence-electron chi connectivity index (χ3n) is 1.20. The Kier molecular flexibility index (Phi) is 5.66. The summed E-state index contributed by atoms with van der Waals surface area (Å²) in [6.45, 7) is -0.777. The van der Waals surface area contributed by atoms with Crippen molar-refractivity contribution in [3.63, 3.8) is 0 Å². The largest absolute Gasteiger partial charge is 0.469 e. The monoisotopic (exact) mass is 216 g/mol. The lowest BCUT2D eigenvalue weighted by molar-refractivity contribution is -0.0469. The van der Waals surface area contributed by atoms with Gasteiger partial charge < -0.3 is 24.7 Å². The molecule has 0 aliphatic rings. The van der Waals surface area contributed by atoms with E-state index in [1.165, 1.54) is 7.11 Å². The number of hydrogen-bond acceptors (Lipinski definition) is 5. The Morgan fingerprint density at radius 3 is 2.08 bits per heavy atom. The van der Waals surface area contributed by atoms with Crippen molar-refractivity contribution in [2.24, 2.45) is 0 Å². The molecular weight excluding hydrogens is 203 g/mol. The molecule has 0 aromatic heterocycles. The lowest BCUT2D eigenvalue weighted by Crippen LogP contribution is -2.33. The molecule has 0 saturated heterocycles. The van der Waals surface area contributed by atoms with Gasteiger partial charge in [-0.1, -0.05) is 0 Å². The minimum atomic E-state index is -4.59. The topological polar surface area (TPSA) is 116 Å². The first kappa shape index (κ1) is 13.0. The van der Waals surface area contributed by atoms with Crippen LogP contribution in [0.5, 0.6) is 0 Å². The highest BCUT2D eigenvalue weighted by atomic mass is 31.2. The van der Waals surface area contributed by atoms with Gasteiger partial charge in [0.25, 0.3) is 0 Å². The summed E-state index contributed by atoms with van der Waals surface area (Å²) in [5, 5.41) is 18.0. The first-order valence-corrected chi connectivity index (χ1v) is 4.95. The van der Waals surface area contributed by atoms with Crippen LogP contribution in [0, 0.1) is 0 Å². The van der Waals surface area contributed by atoms with Gasteiger partial charge in [0, 0.05) is 7.11 Å². The summed E-state index contributed by atoms with van der Waals surface area (Å²) in [5.41, 5.74) is 0. The zero-order chi connectivity index (χ0) is 10.5. The molecule has 0 fully saturated rings. The minimum Gasteiger partial charge on any atom is -0.388 e. The number of phosphoric acid groups is 1. The van der Waals surface area contributed by atoms with Crippen molar-refractivity contribution in [3.05, 3.63) is 0 Å². The lowest BCUT2D eigenvalue weighted by Gasteiger charge is -2.16. The summed E-state index contributed by atoms with van der Waals surface area (Å²) in [7, 11) is -3.27. The van der Waals surface area contributed by atoms with Gasteiger partial charge in [0.2, 0.25) is 0 Å². The summed E-state index contributed by atoms with van der Waals surface area (Å²) < 4.78 is 18.6. The van der Waals surface area contributed by atoms with Crippen LogP contribution in [0.1, 0.15) is 0 Å². The highest BCUT2D eigenvalue weighted by Crippen LogP contribution is 2.35. The van der Waals surface area contributed by atoms with E-state index in [0.717, 1.165) is 0 Å². The molecule has 0 bridgehead atoms. The number of rotatable bonds is 6. The predicted molar refractivity (Wildman–Crippen MR) is 41.9 cm³/mol. The van der Waals surface area contributed by atoms with E-state index in [-0.39, 0.29) is 6.61 Å². The fourth-order valence-corrected chi connectivity index (χ4v) is 0.913. The second kappa shape index (κ2) is 5.66. The van der Waals surface area contributed by atoms with Crippen LogP contribution in [0.3, 0.4) is 0 Å². The van der Waals surface area contributed by atoms with Crippen LogP contribution in [0.25, 0.3) is 0 Å². The lowest BCUT2D eigenvalue weighted by atomic mass is 10.2. The summed E-state index contributed by atoms with van der Waals surface area (Å²) in [6, 6.07) is 0. The third kappa shape index (κ3) is 7.09. The number of phosphoric ester groups is 1. The van der Waals surface area contributed by atoms with E-state index in [1.54, 1.807) is 0 Å². The maximum absolute atomic E-state index is 10.2. The van der Waals surface area contributed by atoms with Gasteiger partial charge in [-0.25, -0.2) is 4.57 Å². The SMILES string of the molecule is COC[C@H](O)[C@H](O)COP(=O)(O)O. The van der Waals surface area contributed by atoms with Gasteiger partial charge in [0.15, 0.2) is 0 Å². The van der Waals surface area contributed by atoms with Crippen LogP contribution in [0.4, 0.5) is 0 Å². The molecule has 0 saturated carbocycles. The Bertz CT molecular complexity index is 178. The number of methoxy groups -OCH3 is 1. The van der Waals surface area contributed by atoms with Crippen LogP contribution >= 0.6 is 7.82 Å². The Hall–Kier alpha value is -0.0100. The fraction of sp³-hybridized carbons (Fsp3) is 1.00.